The van der Waals surface area contributed by atoms with Crippen LogP contribution in [0.3, 0.4) is 0 Å². The molecular formula is C25H23FN3O4+. The lowest BCUT2D eigenvalue weighted by Crippen LogP contribution is -2.42. The summed E-state index contributed by atoms with van der Waals surface area (Å²) in [5.41, 5.74) is 4.68. The SMILES string of the molecule is COc1ccc([C@H]2[C@@H](NC(=O)c3ccc(F)cc3)C(=O)N/[N+]2=C\c2cccc(OC)c2)cc1. The van der Waals surface area contributed by atoms with Gasteiger partial charge in [-0.3, -0.25) is 9.59 Å². The summed E-state index contributed by atoms with van der Waals surface area (Å²) in [6.07, 6.45) is 1.78. The molecule has 2 amide bonds. The van der Waals surface area contributed by atoms with Crippen LogP contribution >= 0.6 is 0 Å². The number of hydrogen-bond acceptors (Lipinski definition) is 4. The second kappa shape index (κ2) is 9.52. The minimum Gasteiger partial charge on any atom is -0.497 e. The van der Waals surface area contributed by atoms with Crippen LogP contribution in [0.25, 0.3) is 0 Å². The first-order chi connectivity index (χ1) is 16.0. The molecule has 1 aliphatic rings. The molecule has 1 aliphatic heterocycles. The smallest absolute Gasteiger partial charge is 0.304 e. The van der Waals surface area contributed by atoms with Gasteiger partial charge in [0.05, 0.1) is 14.2 Å². The minimum atomic E-state index is -0.891. The van der Waals surface area contributed by atoms with Crippen LogP contribution in [0.1, 0.15) is 27.5 Å². The number of halogens is 1. The van der Waals surface area contributed by atoms with Crippen molar-refractivity contribution in [1.82, 2.24) is 10.7 Å². The van der Waals surface area contributed by atoms with Gasteiger partial charge in [0.2, 0.25) is 12.3 Å². The van der Waals surface area contributed by atoms with E-state index >= 15 is 0 Å². The fourth-order valence-electron chi connectivity index (χ4n) is 3.69. The first-order valence-electron chi connectivity index (χ1n) is 10.3. The van der Waals surface area contributed by atoms with Crippen molar-refractivity contribution in [3.8, 4) is 11.5 Å². The van der Waals surface area contributed by atoms with Crippen molar-refractivity contribution in [2.75, 3.05) is 14.2 Å². The third kappa shape index (κ3) is 4.85. The Hall–Kier alpha value is -4.20. The number of rotatable bonds is 6. The molecule has 2 N–H and O–H groups in total. The molecule has 33 heavy (non-hydrogen) atoms. The molecule has 0 bridgehead atoms. The van der Waals surface area contributed by atoms with Gasteiger partial charge in [-0.2, -0.15) is 0 Å². The number of carbonyl (C=O) groups is 2. The van der Waals surface area contributed by atoms with Gasteiger partial charge in [0, 0.05) is 16.7 Å². The van der Waals surface area contributed by atoms with Crippen LogP contribution in [0.4, 0.5) is 4.39 Å². The van der Waals surface area contributed by atoms with Crippen molar-refractivity contribution < 1.29 is 28.1 Å². The van der Waals surface area contributed by atoms with Gasteiger partial charge in [0.1, 0.15) is 17.3 Å². The van der Waals surface area contributed by atoms with Crippen molar-refractivity contribution in [1.29, 1.82) is 0 Å². The van der Waals surface area contributed by atoms with Crippen molar-refractivity contribution in [3.63, 3.8) is 0 Å². The van der Waals surface area contributed by atoms with E-state index in [1.54, 1.807) is 37.3 Å². The largest absolute Gasteiger partial charge is 0.497 e. The number of carbonyl (C=O) groups excluding carboxylic acids is 2. The quantitative estimate of drug-likeness (QED) is 0.569. The first kappa shape index (κ1) is 22.0. The summed E-state index contributed by atoms with van der Waals surface area (Å²) in [6.45, 7) is 0. The summed E-state index contributed by atoms with van der Waals surface area (Å²) in [4.78, 5) is 25.7. The number of hydrazine groups is 1. The molecule has 0 unspecified atom stereocenters. The second-order valence-electron chi connectivity index (χ2n) is 7.47. The van der Waals surface area contributed by atoms with E-state index in [9.17, 15) is 14.0 Å². The maximum absolute atomic E-state index is 13.2. The van der Waals surface area contributed by atoms with Gasteiger partial charge >= 0.3 is 5.91 Å². The number of hydrazone groups is 1. The van der Waals surface area contributed by atoms with E-state index in [1.807, 2.05) is 36.4 Å². The van der Waals surface area contributed by atoms with Crippen LogP contribution in [0.2, 0.25) is 0 Å². The molecule has 1 fully saturated rings. The first-order valence-corrected chi connectivity index (χ1v) is 10.3. The Morgan fingerprint density at radius 1 is 1.00 bits per heavy atom. The Bertz CT molecular complexity index is 1190. The third-order valence-corrected chi connectivity index (χ3v) is 5.37. The minimum absolute atomic E-state index is 0.257. The summed E-state index contributed by atoms with van der Waals surface area (Å²) in [5.74, 6) is 0.0605. The van der Waals surface area contributed by atoms with Gasteiger partial charge in [0.25, 0.3) is 5.91 Å². The van der Waals surface area contributed by atoms with E-state index in [4.69, 9.17) is 9.47 Å². The average Bonchev–Trinajstić information content (AvgIpc) is 3.13. The van der Waals surface area contributed by atoms with Crippen LogP contribution in [0.5, 0.6) is 11.5 Å². The average molecular weight is 448 g/mol. The Morgan fingerprint density at radius 2 is 1.70 bits per heavy atom. The lowest BCUT2D eigenvalue weighted by atomic mass is 9.99. The highest BCUT2D eigenvalue weighted by molar-refractivity contribution is 5.98. The number of amides is 2. The van der Waals surface area contributed by atoms with Crippen LogP contribution < -0.4 is 20.2 Å². The highest BCUT2D eigenvalue weighted by Crippen LogP contribution is 2.27. The van der Waals surface area contributed by atoms with E-state index in [2.05, 4.69) is 10.7 Å². The molecule has 7 nitrogen and oxygen atoms in total. The molecule has 1 heterocycles. The lowest BCUT2D eigenvalue weighted by molar-refractivity contribution is -0.596. The number of ether oxygens (including phenoxy) is 2. The van der Waals surface area contributed by atoms with E-state index in [0.717, 1.165) is 11.1 Å². The maximum Gasteiger partial charge on any atom is 0.304 e. The predicted octanol–water partition coefficient (Wildman–Crippen LogP) is 2.86. The summed E-state index contributed by atoms with van der Waals surface area (Å²) < 4.78 is 25.4. The molecule has 3 aromatic carbocycles. The zero-order chi connectivity index (χ0) is 23.4. The molecule has 2 atom stereocenters. The van der Waals surface area contributed by atoms with Crippen molar-refractivity contribution >= 4 is 18.0 Å². The van der Waals surface area contributed by atoms with E-state index in [1.165, 1.54) is 24.3 Å². The van der Waals surface area contributed by atoms with Crippen LogP contribution in [0.15, 0.2) is 72.8 Å². The van der Waals surface area contributed by atoms with Crippen molar-refractivity contribution in [3.05, 3.63) is 95.3 Å². The fraction of sp³-hybridized carbons (Fsp3) is 0.160. The number of methoxy groups -OCH3 is 2. The third-order valence-electron chi connectivity index (χ3n) is 5.37. The Kier molecular flexibility index (Phi) is 6.35. The van der Waals surface area contributed by atoms with E-state index < -0.39 is 23.8 Å². The zero-order valence-corrected chi connectivity index (χ0v) is 18.1. The molecule has 168 valence electrons. The molecule has 0 spiro atoms. The van der Waals surface area contributed by atoms with Crippen LogP contribution in [0, 0.1) is 5.82 Å². The zero-order valence-electron chi connectivity index (χ0n) is 18.1. The van der Waals surface area contributed by atoms with Gasteiger partial charge in [-0.1, -0.05) is 6.07 Å². The number of hydrogen-bond donors (Lipinski definition) is 2. The summed E-state index contributed by atoms with van der Waals surface area (Å²) in [6, 6.07) is 18.4. The van der Waals surface area contributed by atoms with E-state index in [-0.39, 0.29) is 11.5 Å². The van der Waals surface area contributed by atoms with Gasteiger partial charge in [-0.25, -0.2) is 4.39 Å². The van der Waals surface area contributed by atoms with Gasteiger partial charge in [0.15, 0.2) is 6.04 Å². The number of nitrogens with one attached hydrogen (secondary N) is 2. The summed E-state index contributed by atoms with van der Waals surface area (Å²) in [7, 11) is 3.15. The molecule has 0 aromatic heterocycles. The molecule has 3 aromatic rings. The number of nitrogens with zero attached hydrogens (tertiary/aromatic N) is 1. The monoisotopic (exact) mass is 448 g/mol. The van der Waals surface area contributed by atoms with Crippen LogP contribution in [-0.4, -0.2) is 43.0 Å². The highest BCUT2D eigenvalue weighted by Gasteiger charge is 2.47. The summed E-state index contributed by atoms with van der Waals surface area (Å²) >= 11 is 0. The summed E-state index contributed by atoms with van der Waals surface area (Å²) in [5, 5.41) is 2.79. The Labute approximate surface area is 190 Å². The van der Waals surface area contributed by atoms with Gasteiger partial charge in [-0.05, 0) is 66.7 Å². The maximum atomic E-state index is 13.2. The molecule has 1 saturated heterocycles. The van der Waals surface area contributed by atoms with Gasteiger partial charge < -0.3 is 14.8 Å². The molecule has 0 aliphatic carbocycles. The molecule has 0 radical (unpaired) electrons. The topological polar surface area (TPSA) is 79.7 Å². The van der Waals surface area contributed by atoms with Crippen LogP contribution in [-0.2, 0) is 4.79 Å². The standard InChI is InChI=1S/C25H22FN3O4/c1-32-20-12-8-17(9-13-20)23-22(27-24(30)18-6-10-19(26)11-7-18)25(31)28-29(23)15-16-4-3-5-21(14-16)33-2/h3-15,22-23H,1-2H3,(H-,27,28,30,31)/p+1/b29-15-/t22-,23+/m1/s1. The fourth-order valence-corrected chi connectivity index (χ4v) is 3.69. The normalized spacial score (nSPS) is 18.6. The van der Waals surface area contributed by atoms with Crippen molar-refractivity contribution in [2.24, 2.45) is 0 Å². The van der Waals surface area contributed by atoms with Gasteiger partial charge in [-0.15, -0.1) is 10.1 Å². The Balaban J connectivity index is 1.70. The van der Waals surface area contributed by atoms with Crippen molar-refractivity contribution in [2.45, 2.75) is 12.1 Å². The highest BCUT2D eigenvalue weighted by atomic mass is 19.1. The molecule has 4 rings (SSSR count). The van der Waals surface area contributed by atoms with E-state index in [0.29, 0.717) is 11.5 Å². The molecule has 0 saturated carbocycles. The molecular weight excluding hydrogens is 425 g/mol. The second-order valence-corrected chi connectivity index (χ2v) is 7.47. The molecule has 8 heteroatoms. The predicted molar refractivity (Wildman–Crippen MR) is 120 cm³/mol. The Morgan fingerprint density at radius 3 is 2.36 bits per heavy atom. The number of benzene rings is 3. The lowest BCUT2D eigenvalue weighted by Gasteiger charge is -2.15.